The summed E-state index contributed by atoms with van der Waals surface area (Å²) in [5, 5.41) is 0.705. The summed E-state index contributed by atoms with van der Waals surface area (Å²) in [5.41, 5.74) is 8.22. The van der Waals surface area contributed by atoms with Gasteiger partial charge in [0.15, 0.2) is 0 Å². The lowest BCUT2D eigenvalue weighted by molar-refractivity contribution is 0.413. The molecule has 2 rings (SSSR count). The molecule has 3 nitrogen and oxygen atoms in total. The van der Waals surface area contributed by atoms with E-state index in [4.69, 9.17) is 22.1 Å². The van der Waals surface area contributed by atoms with Gasteiger partial charge in [0.25, 0.3) is 0 Å². The van der Waals surface area contributed by atoms with Gasteiger partial charge in [0.2, 0.25) is 0 Å². The summed E-state index contributed by atoms with van der Waals surface area (Å²) < 4.78 is 5.25. The van der Waals surface area contributed by atoms with Gasteiger partial charge in [0.1, 0.15) is 5.75 Å². The molecule has 20 heavy (non-hydrogen) atoms. The largest absolute Gasteiger partial charge is 0.497 e. The molecule has 0 aliphatic heterocycles. The van der Waals surface area contributed by atoms with Crippen LogP contribution in [-0.4, -0.2) is 18.6 Å². The molecule has 1 aromatic heterocycles. The highest BCUT2D eigenvalue weighted by Gasteiger charge is 2.11. The van der Waals surface area contributed by atoms with E-state index in [1.807, 2.05) is 18.2 Å². The zero-order valence-electron chi connectivity index (χ0n) is 11.6. The third kappa shape index (κ3) is 3.95. The van der Waals surface area contributed by atoms with Crippen LogP contribution in [0.5, 0.6) is 5.75 Å². The number of nitrogens with zero attached hydrogens (tertiary/aromatic N) is 1. The van der Waals surface area contributed by atoms with Gasteiger partial charge < -0.3 is 10.5 Å². The molecule has 106 valence electrons. The highest BCUT2D eigenvalue weighted by atomic mass is 35.5. The fraction of sp³-hybridized carbons (Fsp3) is 0.312. The topological polar surface area (TPSA) is 48.1 Å². The van der Waals surface area contributed by atoms with Gasteiger partial charge in [-0.2, -0.15) is 0 Å². The quantitative estimate of drug-likeness (QED) is 0.889. The lowest BCUT2D eigenvalue weighted by Crippen LogP contribution is -2.19. The van der Waals surface area contributed by atoms with Crippen molar-refractivity contribution < 1.29 is 4.74 Å². The summed E-state index contributed by atoms with van der Waals surface area (Å²) in [6, 6.07) is 10.1. The molecule has 0 amide bonds. The highest BCUT2D eigenvalue weighted by Crippen LogP contribution is 2.21. The normalized spacial score (nSPS) is 12.2. The zero-order valence-corrected chi connectivity index (χ0v) is 12.3. The van der Waals surface area contributed by atoms with E-state index in [1.165, 1.54) is 5.56 Å². The number of ether oxygens (including phenoxy) is 1. The van der Waals surface area contributed by atoms with Crippen LogP contribution in [0.15, 0.2) is 42.7 Å². The Labute approximate surface area is 124 Å². The SMILES string of the molecule is COc1cccc(CC(CN)Cc2ccncc2Cl)c1. The molecule has 0 saturated heterocycles. The minimum atomic E-state index is 0.349. The fourth-order valence-electron chi connectivity index (χ4n) is 2.25. The molecule has 1 heterocycles. The fourth-order valence-corrected chi connectivity index (χ4v) is 2.45. The van der Waals surface area contributed by atoms with Crippen molar-refractivity contribution >= 4 is 11.6 Å². The molecular formula is C16H19ClN2O. The predicted octanol–water partition coefficient (Wildman–Crippen LogP) is 3.10. The van der Waals surface area contributed by atoms with Crippen molar-refractivity contribution in [3.05, 3.63) is 58.9 Å². The van der Waals surface area contributed by atoms with E-state index in [0.29, 0.717) is 17.5 Å². The van der Waals surface area contributed by atoms with Crippen LogP contribution in [0.25, 0.3) is 0 Å². The highest BCUT2D eigenvalue weighted by molar-refractivity contribution is 6.31. The molecule has 1 unspecified atom stereocenters. The van der Waals surface area contributed by atoms with Gasteiger partial charge in [0, 0.05) is 12.4 Å². The number of pyridine rings is 1. The molecule has 0 aliphatic rings. The molecule has 0 spiro atoms. The Morgan fingerprint density at radius 3 is 2.85 bits per heavy atom. The lowest BCUT2D eigenvalue weighted by Gasteiger charge is -2.16. The second-order valence-electron chi connectivity index (χ2n) is 4.83. The zero-order chi connectivity index (χ0) is 14.4. The number of hydrogen-bond donors (Lipinski definition) is 1. The molecule has 0 bridgehead atoms. The van der Waals surface area contributed by atoms with Gasteiger partial charge in [-0.15, -0.1) is 0 Å². The summed E-state index contributed by atoms with van der Waals surface area (Å²) >= 11 is 6.15. The monoisotopic (exact) mass is 290 g/mol. The van der Waals surface area contributed by atoms with E-state index < -0.39 is 0 Å². The first kappa shape index (κ1) is 14.8. The average molecular weight is 291 g/mol. The minimum absolute atomic E-state index is 0.349. The van der Waals surface area contributed by atoms with Crippen LogP contribution >= 0.6 is 11.6 Å². The number of hydrogen-bond acceptors (Lipinski definition) is 3. The van der Waals surface area contributed by atoms with E-state index in [9.17, 15) is 0 Å². The number of methoxy groups -OCH3 is 1. The van der Waals surface area contributed by atoms with E-state index in [-0.39, 0.29) is 0 Å². The van der Waals surface area contributed by atoms with Gasteiger partial charge in [-0.05, 0) is 54.6 Å². The molecule has 1 atom stereocenters. The van der Waals surface area contributed by atoms with Crippen molar-refractivity contribution in [2.45, 2.75) is 12.8 Å². The second-order valence-corrected chi connectivity index (χ2v) is 5.24. The van der Waals surface area contributed by atoms with Crippen LogP contribution in [0, 0.1) is 5.92 Å². The van der Waals surface area contributed by atoms with Crippen molar-refractivity contribution in [3.63, 3.8) is 0 Å². The van der Waals surface area contributed by atoms with Crippen LogP contribution in [-0.2, 0) is 12.8 Å². The van der Waals surface area contributed by atoms with E-state index in [0.717, 1.165) is 24.2 Å². The van der Waals surface area contributed by atoms with Gasteiger partial charge >= 0.3 is 0 Å². The molecule has 0 radical (unpaired) electrons. The lowest BCUT2D eigenvalue weighted by atomic mass is 9.93. The van der Waals surface area contributed by atoms with Crippen molar-refractivity contribution in [3.8, 4) is 5.75 Å². The predicted molar refractivity (Wildman–Crippen MR) is 82.2 cm³/mol. The van der Waals surface area contributed by atoms with Crippen LogP contribution in [0.2, 0.25) is 5.02 Å². The Morgan fingerprint density at radius 1 is 1.30 bits per heavy atom. The Bertz CT molecular complexity index is 560. The van der Waals surface area contributed by atoms with Crippen molar-refractivity contribution in [2.24, 2.45) is 11.7 Å². The summed E-state index contributed by atoms with van der Waals surface area (Å²) in [6.45, 7) is 0.621. The first-order chi connectivity index (χ1) is 9.72. The first-order valence-electron chi connectivity index (χ1n) is 6.64. The Balaban J connectivity index is 2.07. The molecule has 0 aliphatic carbocycles. The smallest absolute Gasteiger partial charge is 0.119 e. The average Bonchev–Trinajstić information content (AvgIpc) is 2.49. The van der Waals surface area contributed by atoms with Crippen LogP contribution in [0.4, 0.5) is 0 Å². The van der Waals surface area contributed by atoms with Crippen molar-refractivity contribution in [1.29, 1.82) is 0 Å². The molecule has 2 aromatic rings. The Hall–Kier alpha value is -1.58. The van der Waals surface area contributed by atoms with E-state index in [2.05, 4.69) is 17.1 Å². The van der Waals surface area contributed by atoms with Crippen molar-refractivity contribution in [1.82, 2.24) is 4.98 Å². The minimum Gasteiger partial charge on any atom is -0.497 e. The van der Waals surface area contributed by atoms with Crippen LogP contribution in [0.3, 0.4) is 0 Å². The maximum absolute atomic E-state index is 6.15. The first-order valence-corrected chi connectivity index (χ1v) is 7.02. The molecule has 0 fully saturated rings. The van der Waals surface area contributed by atoms with Gasteiger partial charge in [0.05, 0.1) is 12.1 Å². The molecule has 1 aromatic carbocycles. The Morgan fingerprint density at radius 2 is 2.15 bits per heavy atom. The molecule has 0 saturated carbocycles. The molecular weight excluding hydrogens is 272 g/mol. The standard InChI is InChI=1S/C16H19ClN2O/c1-20-15-4-2-3-12(9-15)7-13(10-18)8-14-5-6-19-11-16(14)17/h2-6,9,11,13H,7-8,10,18H2,1H3. The summed E-state index contributed by atoms with van der Waals surface area (Å²) in [5.74, 6) is 1.22. The molecule has 4 heteroatoms. The van der Waals surface area contributed by atoms with Crippen LogP contribution in [0.1, 0.15) is 11.1 Å². The third-order valence-corrected chi connectivity index (χ3v) is 3.70. The summed E-state index contributed by atoms with van der Waals surface area (Å²) in [4.78, 5) is 4.00. The summed E-state index contributed by atoms with van der Waals surface area (Å²) in [6.07, 6.45) is 5.21. The maximum atomic E-state index is 6.15. The van der Waals surface area contributed by atoms with Gasteiger partial charge in [-0.25, -0.2) is 0 Å². The molecule has 2 N–H and O–H groups in total. The van der Waals surface area contributed by atoms with Crippen LogP contribution < -0.4 is 10.5 Å². The number of rotatable bonds is 6. The van der Waals surface area contributed by atoms with E-state index >= 15 is 0 Å². The van der Waals surface area contributed by atoms with Crippen molar-refractivity contribution in [2.75, 3.05) is 13.7 Å². The number of nitrogens with two attached hydrogens (primary N) is 1. The van der Waals surface area contributed by atoms with E-state index in [1.54, 1.807) is 19.5 Å². The summed E-state index contributed by atoms with van der Waals surface area (Å²) in [7, 11) is 1.68. The number of halogens is 1. The second kappa shape index (κ2) is 7.27. The number of aromatic nitrogens is 1. The third-order valence-electron chi connectivity index (χ3n) is 3.36. The van der Waals surface area contributed by atoms with Gasteiger partial charge in [-0.3, -0.25) is 4.98 Å². The Kier molecular flexibility index (Phi) is 5.39. The maximum Gasteiger partial charge on any atom is 0.119 e. The van der Waals surface area contributed by atoms with Gasteiger partial charge in [-0.1, -0.05) is 23.7 Å². The number of benzene rings is 1.